The van der Waals surface area contributed by atoms with Crippen LogP contribution in [0.4, 0.5) is 10.9 Å². The molecule has 27 heavy (non-hydrogen) atoms. The van der Waals surface area contributed by atoms with Gasteiger partial charge in [-0.3, -0.25) is 14.5 Å². The summed E-state index contributed by atoms with van der Waals surface area (Å²) >= 11 is 1.49. The van der Waals surface area contributed by atoms with Crippen LogP contribution in [0.5, 0.6) is 0 Å². The van der Waals surface area contributed by atoms with E-state index in [1.807, 2.05) is 0 Å². The molecule has 1 aliphatic carbocycles. The van der Waals surface area contributed by atoms with Gasteiger partial charge in [0.25, 0.3) is 5.91 Å². The number of anilines is 2. The minimum absolute atomic E-state index is 0.109. The number of carbonyl (C=O) groups is 2. The SMILES string of the molecule is NC(=O)c1c(NC(=O)CN2CCN(c3ncccn3)CC2)sc2c1CCC2. The van der Waals surface area contributed by atoms with Crippen molar-refractivity contribution in [2.24, 2.45) is 5.73 Å². The average molecular weight is 386 g/mol. The molecule has 1 saturated heterocycles. The van der Waals surface area contributed by atoms with E-state index in [1.54, 1.807) is 18.5 Å². The van der Waals surface area contributed by atoms with E-state index in [0.29, 0.717) is 17.1 Å². The molecule has 142 valence electrons. The number of nitrogens with one attached hydrogen (secondary N) is 1. The van der Waals surface area contributed by atoms with Crippen molar-refractivity contribution in [3.05, 3.63) is 34.5 Å². The Morgan fingerprint density at radius 2 is 1.89 bits per heavy atom. The smallest absolute Gasteiger partial charge is 0.251 e. The fourth-order valence-electron chi connectivity index (χ4n) is 3.68. The van der Waals surface area contributed by atoms with Crippen LogP contribution in [-0.4, -0.2) is 59.4 Å². The summed E-state index contributed by atoms with van der Waals surface area (Å²) in [6.07, 6.45) is 6.34. The van der Waals surface area contributed by atoms with Crippen LogP contribution in [0.1, 0.15) is 27.2 Å². The molecule has 1 aliphatic heterocycles. The highest BCUT2D eigenvalue weighted by Crippen LogP contribution is 2.38. The van der Waals surface area contributed by atoms with Gasteiger partial charge in [-0.1, -0.05) is 0 Å². The molecule has 2 aromatic heterocycles. The van der Waals surface area contributed by atoms with E-state index in [2.05, 4.69) is 25.1 Å². The Labute approximate surface area is 161 Å². The molecule has 0 saturated carbocycles. The summed E-state index contributed by atoms with van der Waals surface area (Å²) in [6, 6.07) is 1.80. The van der Waals surface area contributed by atoms with Gasteiger partial charge in [-0.05, 0) is 30.9 Å². The molecule has 2 aliphatic rings. The zero-order valence-corrected chi connectivity index (χ0v) is 15.8. The highest BCUT2D eigenvalue weighted by Gasteiger charge is 2.27. The Hall–Kier alpha value is -2.52. The van der Waals surface area contributed by atoms with Gasteiger partial charge >= 0.3 is 0 Å². The Morgan fingerprint density at radius 1 is 1.15 bits per heavy atom. The van der Waals surface area contributed by atoms with Crippen molar-refractivity contribution in [2.45, 2.75) is 19.3 Å². The van der Waals surface area contributed by atoms with Crippen molar-refractivity contribution in [3.63, 3.8) is 0 Å². The Balaban J connectivity index is 1.34. The van der Waals surface area contributed by atoms with Gasteiger partial charge in [0, 0.05) is 43.4 Å². The molecule has 0 atom stereocenters. The largest absolute Gasteiger partial charge is 0.365 e. The quantitative estimate of drug-likeness (QED) is 0.791. The van der Waals surface area contributed by atoms with E-state index in [1.165, 1.54) is 16.2 Å². The third kappa shape index (κ3) is 3.79. The van der Waals surface area contributed by atoms with Crippen LogP contribution in [0.25, 0.3) is 0 Å². The molecular formula is C18H22N6O2S. The molecule has 3 N–H and O–H groups in total. The number of hydrogen-bond donors (Lipinski definition) is 2. The van der Waals surface area contributed by atoms with Crippen molar-refractivity contribution in [3.8, 4) is 0 Å². The van der Waals surface area contributed by atoms with Crippen molar-refractivity contribution < 1.29 is 9.59 Å². The number of aryl methyl sites for hydroxylation is 1. The molecular weight excluding hydrogens is 364 g/mol. The summed E-state index contributed by atoms with van der Waals surface area (Å²) in [4.78, 5) is 38.3. The highest BCUT2D eigenvalue weighted by molar-refractivity contribution is 7.17. The van der Waals surface area contributed by atoms with Crippen LogP contribution >= 0.6 is 11.3 Å². The van der Waals surface area contributed by atoms with Gasteiger partial charge in [0.05, 0.1) is 12.1 Å². The number of carbonyl (C=O) groups excluding carboxylic acids is 2. The van der Waals surface area contributed by atoms with Gasteiger partial charge in [0.2, 0.25) is 11.9 Å². The molecule has 0 spiro atoms. The van der Waals surface area contributed by atoms with Crippen molar-refractivity contribution >= 4 is 34.1 Å². The van der Waals surface area contributed by atoms with Gasteiger partial charge in [-0.2, -0.15) is 0 Å². The van der Waals surface area contributed by atoms with Crippen molar-refractivity contribution in [1.82, 2.24) is 14.9 Å². The molecule has 0 bridgehead atoms. The monoisotopic (exact) mass is 386 g/mol. The summed E-state index contributed by atoms with van der Waals surface area (Å²) in [5.41, 5.74) is 7.08. The first-order valence-corrected chi connectivity index (χ1v) is 9.92. The number of primary amides is 1. The van der Waals surface area contributed by atoms with Crippen LogP contribution in [0.3, 0.4) is 0 Å². The van der Waals surface area contributed by atoms with Crippen LogP contribution in [0, 0.1) is 0 Å². The number of hydrogen-bond acceptors (Lipinski definition) is 7. The first-order valence-electron chi connectivity index (χ1n) is 9.10. The Bertz CT molecular complexity index is 845. The van der Waals surface area contributed by atoms with Crippen molar-refractivity contribution in [1.29, 1.82) is 0 Å². The van der Waals surface area contributed by atoms with E-state index < -0.39 is 5.91 Å². The van der Waals surface area contributed by atoms with E-state index >= 15 is 0 Å². The maximum Gasteiger partial charge on any atom is 0.251 e. The number of fused-ring (bicyclic) bond motifs is 1. The lowest BCUT2D eigenvalue weighted by molar-refractivity contribution is -0.117. The summed E-state index contributed by atoms with van der Waals surface area (Å²) in [5, 5.41) is 3.52. The van der Waals surface area contributed by atoms with Crippen LogP contribution < -0.4 is 16.0 Å². The zero-order valence-electron chi connectivity index (χ0n) is 15.0. The maximum absolute atomic E-state index is 12.5. The summed E-state index contributed by atoms with van der Waals surface area (Å²) in [5.74, 6) is 0.156. The van der Waals surface area contributed by atoms with E-state index in [9.17, 15) is 9.59 Å². The first-order chi connectivity index (χ1) is 13.1. The third-order valence-corrected chi connectivity index (χ3v) is 6.20. The molecule has 3 heterocycles. The van der Waals surface area contributed by atoms with E-state index in [-0.39, 0.29) is 5.91 Å². The number of nitrogens with two attached hydrogens (primary N) is 1. The normalized spacial score (nSPS) is 17.0. The minimum atomic E-state index is -0.457. The summed E-state index contributed by atoms with van der Waals surface area (Å²) in [7, 11) is 0. The fraction of sp³-hybridized carbons (Fsp3) is 0.444. The number of aromatic nitrogens is 2. The second kappa shape index (κ2) is 7.61. The standard InChI is InChI=1S/C18H22N6O2S/c19-16(26)15-12-3-1-4-13(12)27-17(15)22-14(25)11-23-7-9-24(10-8-23)18-20-5-2-6-21-18/h2,5-6H,1,3-4,7-11H2,(H2,19,26)(H,22,25). The van der Waals surface area contributed by atoms with Gasteiger partial charge in [0.1, 0.15) is 5.00 Å². The lowest BCUT2D eigenvalue weighted by atomic mass is 10.1. The molecule has 2 amide bonds. The van der Waals surface area contributed by atoms with Gasteiger partial charge in [-0.25, -0.2) is 9.97 Å². The topological polar surface area (TPSA) is 104 Å². The number of piperazine rings is 1. The van der Waals surface area contributed by atoms with Gasteiger partial charge in [0.15, 0.2) is 0 Å². The van der Waals surface area contributed by atoms with Gasteiger partial charge in [-0.15, -0.1) is 11.3 Å². The molecule has 8 nitrogen and oxygen atoms in total. The molecule has 0 radical (unpaired) electrons. The van der Waals surface area contributed by atoms with E-state index in [4.69, 9.17) is 5.73 Å². The van der Waals surface area contributed by atoms with Crippen LogP contribution in [0.15, 0.2) is 18.5 Å². The van der Waals surface area contributed by atoms with Crippen LogP contribution in [0.2, 0.25) is 0 Å². The molecule has 0 unspecified atom stereocenters. The number of thiophene rings is 1. The number of rotatable bonds is 5. The summed E-state index contributed by atoms with van der Waals surface area (Å²) in [6.45, 7) is 3.36. The van der Waals surface area contributed by atoms with Crippen molar-refractivity contribution in [2.75, 3.05) is 42.9 Å². The molecule has 0 aromatic carbocycles. The maximum atomic E-state index is 12.5. The predicted molar refractivity (Wildman–Crippen MR) is 104 cm³/mol. The zero-order chi connectivity index (χ0) is 18.8. The fourth-order valence-corrected chi connectivity index (χ4v) is 4.99. The molecule has 4 rings (SSSR count). The second-order valence-corrected chi connectivity index (χ2v) is 7.89. The molecule has 1 fully saturated rings. The Kier molecular flexibility index (Phi) is 5.04. The Morgan fingerprint density at radius 3 is 2.59 bits per heavy atom. The first kappa shape index (κ1) is 17.9. The molecule has 9 heteroatoms. The minimum Gasteiger partial charge on any atom is -0.365 e. The summed E-state index contributed by atoms with van der Waals surface area (Å²) < 4.78 is 0. The molecule has 2 aromatic rings. The predicted octanol–water partition coefficient (Wildman–Crippen LogP) is 0.886. The second-order valence-electron chi connectivity index (χ2n) is 6.79. The third-order valence-electron chi connectivity index (χ3n) is 5.00. The lowest BCUT2D eigenvalue weighted by Gasteiger charge is -2.34. The number of amides is 2. The van der Waals surface area contributed by atoms with E-state index in [0.717, 1.165) is 57.0 Å². The van der Waals surface area contributed by atoms with Gasteiger partial charge < -0.3 is 16.0 Å². The lowest BCUT2D eigenvalue weighted by Crippen LogP contribution is -2.49. The number of nitrogens with zero attached hydrogens (tertiary/aromatic N) is 4. The average Bonchev–Trinajstić information content (AvgIpc) is 3.23. The van der Waals surface area contributed by atoms with Crippen LogP contribution in [-0.2, 0) is 17.6 Å². The highest BCUT2D eigenvalue weighted by atomic mass is 32.1.